The van der Waals surface area contributed by atoms with E-state index in [1.54, 1.807) is 11.0 Å². The number of hydrogen-bond donors (Lipinski definition) is 2. The van der Waals surface area contributed by atoms with Crippen LogP contribution in [-0.4, -0.2) is 52.1 Å². The molecule has 0 atom stereocenters. The van der Waals surface area contributed by atoms with E-state index in [-0.39, 0.29) is 17.3 Å². The average Bonchev–Trinajstić information content (AvgIpc) is 2.71. The number of nitro groups is 1. The number of nitrogens with zero attached hydrogens (tertiary/aromatic N) is 3. The van der Waals surface area contributed by atoms with Gasteiger partial charge < -0.3 is 10.2 Å². The highest BCUT2D eigenvalue weighted by atomic mass is 16.6. The number of hydrogen-bond acceptors (Lipinski definition) is 5. The largest absolute Gasteiger partial charge is 0.336 e. The van der Waals surface area contributed by atoms with Gasteiger partial charge in [-0.15, -0.1) is 0 Å². The number of carbonyl (C=O) groups excluding carboxylic acids is 1. The number of rotatable bonds is 2. The summed E-state index contributed by atoms with van der Waals surface area (Å²) in [5.41, 5.74) is 0.822. The van der Waals surface area contributed by atoms with Crippen molar-refractivity contribution in [2.75, 3.05) is 26.2 Å². The standard InChI is InChI=1S/C13H15N5O3/c19-13(17-6-1-4-14-5-7-17)12-10-8-9(18(20)21)2-3-11(10)15-16-12/h2-3,8,14H,1,4-7H2,(H,15,16). The van der Waals surface area contributed by atoms with Gasteiger partial charge >= 0.3 is 0 Å². The van der Waals surface area contributed by atoms with E-state index in [4.69, 9.17) is 0 Å². The van der Waals surface area contributed by atoms with Gasteiger partial charge in [-0.2, -0.15) is 5.10 Å². The third kappa shape index (κ3) is 2.57. The maximum absolute atomic E-state index is 12.6. The molecule has 0 saturated carbocycles. The van der Waals surface area contributed by atoms with E-state index in [2.05, 4.69) is 15.5 Å². The molecule has 1 aliphatic heterocycles. The molecular weight excluding hydrogens is 274 g/mol. The van der Waals surface area contributed by atoms with Crippen molar-refractivity contribution < 1.29 is 9.72 Å². The Labute approximate surface area is 120 Å². The number of carbonyl (C=O) groups is 1. The molecule has 8 heteroatoms. The van der Waals surface area contributed by atoms with Crippen molar-refractivity contribution in [3.05, 3.63) is 34.0 Å². The maximum atomic E-state index is 12.6. The van der Waals surface area contributed by atoms with Crippen molar-refractivity contribution in [1.82, 2.24) is 20.4 Å². The summed E-state index contributed by atoms with van der Waals surface area (Å²) in [6.45, 7) is 2.90. The van der Waals surface area contributed by atoms with Gasteiger partial charge in [0.05, 0.1) is 10.4 Å². The highest BCUT2D eigenvalue weighted by molar-refractivity contribution is 6.05. The minimum absolute atomic E-state index is 0.0458. The molecule has 2 N–H and O–H groups in total. The fourth-order valence-corrected chi connectivity index (χ4v) is 2.48. The monoisotopic (exact) mass is 289 g/mol. The summed E-state index contributed by atoms with van der Waals surface area (Å²) in [5, 5.41) is 21.4. The second-order valence-corrected chi connectivity index (χ2v) is 4.95. The van der Waals surface area contributed by atoms with Crippen molar-refractivity contribution in [1.29, 1.82) is 0 Å². The molecular formula is C13H15N5O3. The van der Waals surface area contributed by atoms with Crippen molar-refractivity contribution >= 4 is 22.5 Å². The molecule has 110 valence electrons. The minimum atomic E-state index is -0.476. The van der Waals surface area contributed by atoms with Crippen molar-refractivity contribution in [3.63, 3.8) is 0 Å². The Morgan fingerprint density at radius 1 is 1.33 bits per heavy atom. The van der Waals surface area contributed by atoms with E-state index in [9.17, 15) is 14.9 Å². The first kappa shape index (κ1) is 13.5. The van der Waals surface area contributed by atoms with Gasteiger partial charge in [-0.1, -0.05) is 0 Å². The molecule has 2 heterocycles. The van der Waals surface area contributed by atoms with E-state index in [1.165, 1.54) is 12.1 Å². The van der Waals surface area contributed by atoms with Crippen molar-refractivity contribution in [2.45, 2.75) is 6.42 Å². The van der Waals surface area contributed by atoms with Crippen LogP contribution in [0.1, 0.15) is 16.9 Å². The summed E-state index contributed by atoms with van der Waals surface area (Å²) in [7, 11) is 0. The molecule has 1 amide bonds. The zero-order valence-electron chi connectivity index (χ0n) is 11.3. The summed E-state index contributed by atoms with van der Waals surface area (Å²) in [5.74, 6) is -0.189. The number of non-ortho nitro benzene ring substituents is 1. The lowest BCUT2D eigenvalue weighted by molar-refractivity contribution is -0.384. The first-order valence-corrected chi connectivity index (χ1v) is 6.79. The highest BCUT2D eigenvalue weighted by Gasteiger charge is 2.22. The van der Waals surface area contributed by atoms with Gasteiger partial charge in [0.25, 0.3) is 11.6 Å². The van der Waals surface area contributed by atoms with Crippen LogP contribution in [0.5, 0.6) is 0 Å². The number of nitrogens with one attached hydrogen (secondary N) is 2. The normalized spacial score (nSPS) is 15.9. The fraction of sp³-hybridized carbons (Fsp3) is 0.385. The topological polar surface area (TPSA) is 104 Å². The van der Waals surface area contributed by atoms with Gasteiger partial charge in [0, 0.05) is 37.2 Å². The number of benzene rings is 1. The molecule has 1 saturated heterocycles. The van der Waals surface area contributed by atoms with Crippen LogP contribution in [-0.2, 0) is 0 Å². The van der Waals surface area contributed by atoms with Gasteiger partial charge in [0.15, 0.2) is 5.69 Å². The number of aromatic nitrogens is 2. The SMILES string of the molecule is O=C(c1n[nH]c2ccc([N+](=O)[O-])cc12)N1CCCNCC1. The summed E-state index contributed by atoms with van der Waals surface area (Å²) < 4.78 is 0. The van der Waals surface area contributed by atoms with Crippen LogP contribution < -0.4 is 5.32 Å². The molecule has 1 fully saturated rings. The Hall–Kier alpha value is -2.48. The molecule has 21 heavy (non-hydrogen) atoms. The maximum Gasteiger partial charge on any atom is 0.275 e. The predicted octanol–water partition coefficient (Wildman–Crippen LogP) is 0.907. The molecule has 1 aromatic carbocycles. The number of amides is 1. The first-order chi connectivity index (χ1) is 10.2. The van der Waals surface area contributed by atoms with Crippen molar-refractivity contribution in [2.24, 2.45) is 0 Å². The van der Waals surface area contributed by atoms with Crippen LogP contribution >= 0.6 is 0 Å². The molecule has 0 spiro atoms. The molecule has 3 rings (SSSR count). The third-order valence-corrected chi connectivity index (χ3v) is 3.59. The number of nitro benzene ring substituents is 1. The molecule has 0 bridgehead atoms. The van der Waals surface area contributed by atoms with E-state index in [0.29, 0.717) is 24.0 Å². The summed E-state index contributed by atoms with van der Waals surface area (Å²) >= 11 is 0. The lowest BCUT2D eigenvalue weighted by Crippen LogP contribution is -2.34. The molecule has 0 unspecified atom stereocenters. The second-order valence-electron chi connectivity index (χ2n) is 4.95. The van der Waals surface area contributed by atoms with Gasteiger partial charge in [-0.3, -0.25) is 20.0 Å². The lowest BCUT2D eigenvalue weighted by atomic mass is 10.1. The van der Waals surface area contributed by atoms with Crippen LogP contribution in [0.4, 0.5) is 5.69 Å². The Balaban J connectivity index is 1.97. The smallest absolute Gasteiger partial charge is 0.275 e. The van der Waals surface area contributed by atoms with Crippen LogP contribution in [0, 0.1) is 10.1 Å². The first-order valence-electron chi connectivity index (χ1n) is 6.79. The second kappa shape index (κ2) is 5.49. The molecule has 1 aliphatic rings. The summed E-state index contributed by atoms with van der Waals surface area (Å²) in [6, 6.07) is 4.36. The Kier molecular flexibility index (Phi) is 3.53. The minimum Gasteiger partial charge on any atom is -0.336 e. The highest BCUT2D eigenvalue weighted by Crippen LogP contribution is 2.23. The number of H-pyrrole nitrogens is 1. The van der Waals surface area contributed by atoms with Gasteiger partial charge in [-0.05, 0) is 19.0 Å². The Morgan fingerprint density at radius 3 is 3.00 bits per heavy atom. The predicted molar refractivity (Wildman–Crippen MR) is 76.1 cm³/mol. The van der Waals surface area contributed by atoms with Crippen LogP contribution in [0.15, 0.2) is 18.2 Å². The quantitative estimate of drug-likeness (QED) is 0.631. The average molecular weight is 289 g/mol. The van der Waals surface area contributed by atoms with E-state index in [1.807, 2.05) is 0 Å². The lowest BCUT2D eigenvalue weighted by Gasteiger charge is -2.18. The fourth-order valence-electron chi connectivity index (χ4n) is 2.48. The van der Waals surface area contributed by atoms with Crippen molar-refractivity contribution in [3.8, 4) is 0 Å². The van der Waals surface area contributed by atoms with E-state index < -0.39 is 4.92 Å². The van der Waals surface area contributed by atoms with Gasteiger partial charge in [0.1, 0.15) is 0 Å². The zero-order chi connectivity index (χ0) is 14.8. The zero-order valence-corrected chi connectivity index (χ0v) is 11.3. The van der Waals surface area contributed by atoms with Crippen LogP contribution in [0.25, 0.3) is 10.9 Å². The molecule has 8 nitrogen and oxygen atoms in total. The Morgan fingerprint density at radius 2 is 2.19 bits per heavy atom. The number of fused-ring (bicyclic) bond motifs is 1. The number of aromatic amines is 1. The van der Waals surface area contributed by atoms with E-state index >= 15 is 0 Å². The molecule has 0 aliphatic carbocycles. The van der Waals surface area contributed by atoms with Crippen LogP contribution in [0.2, 0.25) is 0 Å². The summed E-state index contributed by atoms with van der Waals surface area (Å²) in [4.78, 5) is 24.7. The summed E-state index contributed by atoms with van der Waals surface area (Å²) in [6.07, 6.45) is 0.883. The third-order valence-electron chi connectivity index (χ3n) is 3.59. The molecule has 1 aromatic heterocycles. The molecule has 2 aromatic rings. The van der Waals surface area contributed by atoms with Gasteiger partial charge in [0.2, 0.25) is 0 Å². The Bertz CT molecular complexity index is 688. The molecule has 0 radical (unpaired) electrons. The van der Waals surface area contributed by atoms with Crippen LogP contribution in [0.3, 0.4) is 0 Å². The van der Waals surface area contributed by atoms with E-state index in [0.717, 1.165) is 19.5 Å². The van der Waals surface area contributed by atoms with Gasteiger partial charge in [-0.25, -0.2) is 0 Å².